The van der Waals surface area contributed by atoms with Crippen LogP contribution in [0.5, 0.6) is 0 Å². The van der Waals surface area contributed by atoms with E-state index < -0.39 is 0 Å². The fourth-order valence-electron chi connectivity index (χ4n) is 4.68. The van der Waals surface area contributed by atoms with E-state index in [1.807, 2.05) is 38.1 Å². The molecule has 0 spiro atoms. The Labute approximate surface area is 187 Å². The van der Waals surface area contributed by atoms with Crippen LogP contribution >= 0.6 is 0 Å². The van der Waals surface area contributed by atoms with Gasteiger partial charge in [0.15, 0.2) is 0 Å². The molecule has 0 unspecified atom stereocenters. The molecule has 2 amide bonds. The molecule has 5 rings (SSSR count). The van der Waals surface area contributed by atoms with E-state index in [4.69, 9.17) is 4.98 Å². The predicted octanol–water partition coefficient (Wildman–Crippen LogP) is 6.36. The number of carbonyl (C=O) groups is 2. The fraction of sp³-hybridized carbons (Fsp3) is 0.250. The van der Waals surface area contributed by atoms with Crippen molar-refractivity contribution in [3.63, 3.8) is 0 Å². The number of fused-ring (bicyclic) bond motifs is 1. The van der Waals surface area contributed by atoms with Crippen LogP contribution in [0.3, 0.4) is 0 Å². The zero-order chi connectivity index (χ0) is 22.8. The predicted molar refractivity (Wildman–Crippen MR) is 129 cm³/mol. The van der Waals surface area contributed by atoms with E-state index in [1.54, 1.807) is 6.07 Å². The average Bonchev–Trinajstić information content (AvgIpc) is 2.75. The maximum atomic E-state index is 13.4. The lowest BCUT2D eigenvalue weighted by molar-refractivity contribution is 0.0564. The topological polar surface area (TPSA) is 50.3 Å². The van der Waals surface area contributed by atoms with Crippen LogP contribution in [-0.4, -0.2) is 27.7 Å². The normalized spacial score (nSPS) is 14.1. The van der Waals surface area contributed by atoms with Crippen LogP contribution < -0.4 is 0 Å². The van der Waals surface area contributed by atoms with Crippen molar-refractivity contribution in [2.45, 2.75) is 46.1 Å². The zero-order valence-electron chi connectivity index (χ0n) is 19.1. The number of amides is 2. The Morgan fingerprint density at radius 2 is 1.56 bits per heavy atom. The number of hydrogen-bond acceptors (Lipinski definition) is 3. The Kier molecular flexibility index (Phi) is 4.45. The molecule has 2 heterocycles. The van der Waals surface area contributed by atoms with Crippen molar-refractivity contribution >= 4 is 33.5 Å². The Morgan fingerprint density at radius 3 is 2.28 bits per heavy atom. The van der Waals surface area contributed by atoms with Crippen molar-refractivity contribution < 1.29 is 9.59 Å². The fourth-order valence-corrected chi connectivity index (χ4v) is 4.68. The third kappa shape index (κ3) is 3.01. The first kappa shape index (κ1) is 20.4. The van der Waals surface area contributed by atoms with Crippen molar-refractivity contribution in [1.82, 2.24) is 9.88 Å². The van der Waals surface area contributed by atoms with Crippen LogP contribution in [0.4, 0.5) is 0 Å². The van der Waals surface area contributed by atoms with E-state index in [0.29, 0.717) is 22.0 Å². The molecule has 4 aromatic rings. The molecular weight excluding hydrogens is 396 g/mol. The quantitative estimate of drug-likeness (QED) is 0.353. The molecule has 4 heteroatoms. The molecule has 0 radical (unpaired) electrons. The van der Waals surface area contributed by atoms with E-state index in [1.165, 1.54) is 15.8 Å². The van der Waals surface area contributed by atoms with E-state index >= 15 is 0 Å². The monoisotopic (exact) mass is 422 g/mol. The van der Waals surface area contributed by atoms with Gasteiger partial charge in [0.25, 0.3) is 11.8 Å². The summed E-state index contributed by atoms with van der Waals surface area (Å²) in [5.74, 6) is -0.507. The van der Waals surface area contributed by atoms with E-state index in [2.05, 4.69) is 51.1 Å². The lowest BCUT2D eigenvalue weighted by atomic mass is 9.82. The SMILES string of the molecule is CC(C)N1C(=O)c2cccc3nc(-c4cc(C(C)(C)C)c5ccccc5c4)cc(c23)C1=O. The first-order valence-electron chi connectivity index (χ1n) is 11.0. The van der Waals surface area contributed by atoms with E-state index in [-0.39, 0.29) is 23.3 Å². The molecule has 1 aliphatic rings. The molecule has 0 N–H and O–H groups in total. The third-order valence-corrected chi connectivity index (χ3v) is 6.21. The van der Waals surface area contributed by atoms with Crippen LogP contribution in [0.1, 0.15) is 60.9 Å². The highest BCUT2D eigenvalue weighted by molar-refractivity contribution is 6.25. The van der Waals surface area contributed by atoms with Gasteiger partial charge in [0.1, 0.15) is 0 Å². The number of hydrogen-bond donors (Lipinski definition) is 0. The molecule has 3 aromatic carbocycles. The first-order valence-corrected chi connectivity index (χ1v) is 11.0. The Balaban J connectivity index is 1.81. The van der Waals surface area contributed by atoms with Crippen molar-refractivity contribution in [2.75, 3.05) is 0 Å². The van der Waals surface area contributed by atoms with Crippen LogP contribution in [-0.2, 0) is 5.41 Å². The minimum Gasteiger partial charge on any atom is -0.272 e. The van der Waals surface area contributed by atoms with E-state index in [9.17, 15) is 9.59 Å². The molecule has 0 saturated carbocycles. The molecule has 4 nitrogen and oxygen atoms in total. The number of benzene rings is 3. The van der Waals surface area contributed by atoms with Gasteiger partial charge in [-0.25, -0.2) is 4.98 Å². The van der Waals surface area contributed by atoms with Crippen LogP contribution in [0.2, 0.25) is 0 Å². The largest absolute Gasteiger partial charge is 0.272 e. The number of imide groups is 1. The summed E-state index contributed by atoms with van der Waals surface area (Å²) >= 11 is 0. The van der Waals surface area contributed by atoms with Crippen molar-refractivity contribution in [3.05, 3.63) is 77.4 Å². The summed E-state index contributed by atoms with van der Waals surface area (Å²) < 4.78 is 0. The summed E-state index contributed by atoms with van der Waals surface area (Å²) in [6.45, 7) is 10.3. The van der Waals surface area contributed by atoms with E-state index in [0.717, 1.165) is 16.6 Å². The lowest BCUT2D eigenvalue weighted by Crippen LogP contribution is -2.44. The second kappa shape index (κ2) is 6.99. The molecule has 0 bridgehead atoms. The van der Waals surface area contributed by atoms with Gasteiger partial charge in [-0.15, -0.1) is 0 Å². The molecule has 0 saturated heterocycles. The molecule has 0 fully saturated rings. The summed E-state index contributed by atoms with van der Waals surface area (Å²) in [5.41, 5.74) is 4.65. The Morgan fingerprint density at radius 1 is 0.844 bits per heavy atom. The molecule has 0 aliphatic carbocycles. The highest BCUT2D eigenvalue weighted by Gasteiger charge is 2.35. The molecule has 160 valence electrons. The van der Waals surface area contributed by atoms with Gasteiger partial charge in [-0.2, -0.15) is 0 Å². The van der Waals surface area contributed by atoms with Crippen LogP contribution in [0.25, 0.3) is 32.9 Å². The minimum absolute atomic E-state index is 0.0510. The molecule has 1 aliphatic heterocycles. The Bertz CT molecular complexity index is 1430. The summed E-state index contributed by atoms with van der Waals surface area (Å²) in [4.78, 5) is 32.6. The number of aromatic nitrogens is 1. The highest BCUT2D eigenvalue weighted by atomic mass is 16.2. The summed E-state index contributed by atoms with van der Waals surface area (Å²) in [5, 5.41) is 3.02. The van der Waals surface area contributed by atoms with Crippen molar-refractivity contribution in [3.8, 4) is 11.3 Å². The number of pyridine rings is 1. The summed E-state index contributed by atoms with van der Waals surface area (Å²) in [6.07, 6.45) is 0. The van der Waals surface area contributed by atoms with Crippen molar-refractivity contribution in [2.24, 2.45) is 0 Å². The third-order valence-electron chi connectivity index (χ3n) is 6.21. The maximum Gasteiger partial charge on any atom is 0.261 e. The number of rotatable bonds is 2. The zero-order valence-corrected chi connectivity index (χ0v) is 19.1. The van der Waals surface area contributed by atoms with Gasteiger partial charge < -0.3 is 0 Å². The minimum atomic E-state index is -0.255. The molecule has 1 aromatic heterocycles. The number of nitrogens with zero attached hydrogens (tertiary/aromatic N) is 2. The lowest BCUT2D eigenvalue weighted by Gasteiger charge is -2.30. The van der Waals surface area contributed by atoms with Gasteiger partial charge in [-0.1, -0.05) is 51.1 Å². The second-order valence-corrected chi connectivity index (χ2v) is 9.82. The standard InChI is InChI=1S/C28H26N2O2/c1-16(2)30-26(31)20-11-8-12-23-25(20)21(27(30)32)15-24(29-23)18-13-17-9-6-7-10-19(17)22(14-18)28(3,4)5/h6-16H,1-5H3. The number of carbonyl (C=O) groups excluding carboxylic acids is 2. The first-order chi connectivity index (χ1) is 15.2. The maximum absolute atomic E-state index is 13.4. The van der Waals surface area contributed by atoms with Crippen molar-refractivity contribution in [1.29, 1.82) is 0 Å². The van der Waals surface area contributed by atoms with Gasteiger partial charge in [0.05, 0.1) is 22.3 Å². The summed E-state index contributed by atoms with van der Waals surface area (Å²) in [7, 11) is 0. The Hall–Kier alpha value is -3.53. The van der Waals surface area contributed by atoms with Gasteiger partial charge in [-0.3, -0.25) is 14.5 Å². The smallest absolute Gasteiger partial charge is 0.261 e. The van der Waals surface area contributed by atoms with Crippen LogP contribution in [0, 0.1) is 0 Å². The highest BCUT2D eigenvalue weighted by Crippen LogP contribution is 2.37. The van der Waals surface area contributed by atoms with Gasteiger partial charge >= 0.3 is 0 Å². The summed E-state index contributed by atoms with van der Waals surface area (Å²) in [6, 6.07) is 19.8. The molecule has 0 atom stereocenters. The van der Waals surface area contributed by atoms with Crippen LogP contribution in [0.15, 0.2) is 60.7 Å². The van der Waals surface area contributed by atoms with Gasteiger partial charge in [0, 0.05) is 17.0 Å². The molecular formula is C28H26N2O2. The van der Waals surface area contributed by atoms with Gasteiger partial charge in [0.2, 0.25) is 0 Å². The molecule has 32 heavy (non-hydrogen) atoms. The average molecular weight is 423 g/mol. The van der Waals surface area contributed by atoms with Gasteiger partial charge in [-0.05, 0) is 65.9 Å². The second-order valence-electron chi connectivity index (χ2n) is 9.82.